The Kier molecular flexibility index (Phi) is 3.65. The monoisotopic (exact) mass is 268 g/mol. The third kappa shape index (κ3) is 2.52. The molecule has 1 fully saturated rings. The SMILES string of the molecule is CCN(c1ccc(Br)cc1)C1CCNC1. The van der Waals surface area contributed by atoms with Crippen LogP contribution in [-0.4, -0.2) is 25.7 Å². The summed E-state index contributed by atoms with van der Waals surface area (Å²) >= 11 is 3.47. The van der Waals surface area contributed by atoms with Gasteiger partial charge >= 0.3 is 0 Å². The van der Waals surface area contributed by atoms with Crippen molar-refractivity contribution < 1.29 is 0 Å². The van der Waals surface area contributed by atoms with E-state index in [1.165, 1.54) is 12.1 Å². The van der Waals surface area contributed by atoms with Gasteiger partial charge in [0.1, 0.15) is 0 Å². The summed E-state index contributed by atoms with van der Waals surface area (Å²) in [5.41, 5.74) is 1.33. The molecule has 0 saturated carbocycles. The van der Waals surface area contributed by atoms with Crippen molar-refractivity contribution in [2.45, 2.75) is 19.4 Å². The van der Waals surface area contributed by atoms with Crippen LogP contribution in [-0.2, 0) is 0 Å². The van der Waals surface area contributed by atoms with E-state index in [4.69, 9.17) is 0 Å². The van der Waals surface area contributed by atoms with Gasteiger partial charge in [-0.05, 0) is 44.2 Å². The lowest BCUT2D eigenvalue weighted by Crippen LogP contribution is -2.36. The van der Waals surface area contributed by atoms with E-state index in [9.17, 15) is 0 Å². The van der Waals surface area contributed by atoms with E-state index in [0.717, 1.165) is 24.1 Å². The van der Waals surface area contributed by atoms with Gasteiger partial charge in [-0.1, -0.05) is 15.9 Å². The molecule has 1 aromatic carbocycles. The summed E-state index contributed by atoms with van der Waals surface area (Å²) in [5, 5.41) is 3.42. The fourth-order valence-electron chi connectivity index (χ4n) is 2.19. The van der Waals surface area contributed by atoms with Crippen LogP contribution >= 0.6 is 15.9 Å². The number of halogens is 1. The highest BCUT2D eigenvalue weighted by Crippen LogP contribution is 2.22. The molecule has 0 radical (unpaired) electrons. The van der Waals surface area contributed by atoms with E-state index in [1.54, 1.807) is 0 Å². The van der Waals surface area contributed by atoms with Crippen LogP contribution in [0.2, 0.25) is 0 Å². The molecule has 1 atom stereocenters. The van der Waals surface area contributed by atoms with Gasteiger partial charge in [0.25, 0.3) is 0 Å². The summed E-state index contributed by atoms with van der Waals surface area (Å²) in [6.07, 6.45) is 1.25. The minimum atomic E-state index is 0.663. The first-order valence-electron chi connectivity index (χ1n) is 5.54. The number of likely N-dealkylation sites (N-methyl/N-ethyl adjacent to an activating group) is 1. The Hall–Kier alpha value is -0.540. The predicted molar refractivity (Wildman–Crippen MR) is 68.4 cm³/mol. The lowest BCUT2D eigenvalue weighted by atomic mass is 10.2. The van der Waals surface area contributed by atoms with Crippen LogP contribution in [0.25, 0.3) is 0 Å². The minimum Gasteiger partial charge on any atom is -0.367 e. The largest absolute Gasteiger partial charge is 0.367 e. The van der Waals surface area contributed by atoms with Crippen LogP contribution in [0.1, 0.15) is 13.3 Å². The van der Waals surface area contributed by atoms with Gasteiger partial charge in [-0.3, -0.25) is 0 Å². The molecule has 0 amide bonds. The smallest absolute Gasteiger partial charge is 0.0426 e. The second kappa shape index (κ2) is 4.99. The number of anilines is 1. The maximum atomic E-state index is 3.47. The minimum absolute atomic E-state index is 0.663. The molecule has 1 aliphatic heterocycles. The van der Waals surface area contributed by atoms with E-state index in [2.05, 4.69) is 57.3 Å². The van der Waals surface area contributed by atoms with Crippen LogP contribution in [0.3, 0.4) is 0 Å². The average molecular weight is 269 g/mol. The third-order valence-electron chi connectivity index (χ3n) is 2.97. The highest BCUT2D eigenvalue weighted by molar-refractivity contribution is 9.10. The Morgan fingerprint density at radius 1 is 1.40 bits per heavy atom. The molecule has 1 unspecified atom stereocenters. The van der Waals surface area contributed by atoms with Crippen molar-refractivity contribution in [1.29, 1.82) is 0 Å². The van der Waals surface area contributed by atoms with Crippen LogP contribution in [0.4, 0.5) is 5.69 Å². The first-order valence-corrected chi connectivity index (χ1v) is 6.33. The molecule has 2 rings (SSSR count). The van der Waals surface area contributed by atoms with Crippen LogP contribution in [0.5, 0.6) is 0 Å². The fraction of sp³-hybridized carbons (Fsp3) is 0.500. The molecule has 1 saturated heterocycles. The standard InChI is InChI=1S/C12H17BrN2/c1-2-15(12-7-8-14-9-12)11-5-3-10(13)4-6-11/h3-6,12,14H,2,7-9H2,1H3. The van der Waals surface area contributed by atoms with Gasteiger partial charge in [-0.15, -0.1) is 0 Å². The van der Waals surface area contributed by atoms with Gasteiger partial charge in [0, 0.05) is 29.3 Å². The summed E-state index contributed by atoms with van der Waals surface area (Å²) in [6.45, 7) is 5.57. The number of nitrogens with one attached hydrogen (secondary N) is 1. The van der Waals surface area contributed by atoms with E-state index < -0.39 is 0 Å². The van der Waals surface area contributed by atoms with E-state index in [0.29, 0.717) is 6.04 Å². The quantitative estimate of drug-likeness (QED) is 0.907. The number of hydrogen-bond donors (Lipinski definition) is 1. The topological polar surface area (TPSA) is 15.3 Å². The zero-order valence-corrected chi connectivity index (χ0v) is 10.6. The lowest BCUT2D eigenvalue weighted by Gasteiger charge is -2.29. The van der Waals surface area contributed by atoms with Gasteiger partial charge in [-0.2, -0.15) is 0 Å². The number of hydrogen-bond acceptors (Lipinski definition) is 2. The first kappa shape index (κ1) is 11.0. The summed E-state index contributed by atoms with van der Waals surface area (Å²) in [4.78, 5) is 2.48. The van der Waals surface area contributed by atoms with Crippen LogP contribution in [0.15, 0.2) is 28.7 Å². The second-order valence-electron chi connectivity index (χ2n) is 3.91. The average Bonchev–Trinajstić information content (AvgIpc) is 2.75. The molecular weight excluding hydrogens is 252 g/mol. The molecule has 1 N–H and O–H groups in total. The fourth-order valence-corrected chi connectivity index (χ4v) is 2.45. The van der Waals surface area contributed by atoms with E-state index in [-0.39, 0.29) is 0 Å². The summed E-state index contributed by atoms with van der Waals surface area (Å²) < 4.78 is 1.15. The van der Waals surface area contributed by atoms with Crippen LogP contribution < -0.4 is 10.2 Å². The normalized spacial score (nSPS) is 20.5. The zero-order valence-electron chi connectivity index (χ0n) is 9.04. The van der Waals surface area contributed by atoms with Gasteiger partial charge < -0.3 is 10.2 Å². The first-order chi connectivity index (χ1) is 7.31. The summed E-state index contributed by atoms with van der Waals surface area (Å²) in [5.74, 6) is 0. The van der Waals surface area contributed by atoms with Crippen molar-refractivity contribution in [3.05, 3.63) is 28.7 Å². The molecular formula is C12H17BrN2. The molecule has 0 spiro atoms. The molecule has 3 heteroatoms. The molecule has 0 bridgehead atoms. The predicted octanol–water partition coefficient (Wildman–Crippen LogP) is 2.64. The van der Waals surface area contributed by atoms with Crippen molar-refractivity contribution in [3.8, 4) is 0 Å². The molecule has 82 valence electrons. The Morgan fingerprint density at radius 3 is 2.67 bits per heavy atom. The maximum Gasteiger partial charge on any atom is 0.0426 e. The van der Waals surface area contributed by atoms with Gasteiger partial charge in [0.05, 0.1) is 0 Å². The molecule has 15 heavy (non-hydrogen) atoms. The van der Waals surface area contributed by atoms with Crippen molar-refractivity contribution in [3.63, 3.8) is 0 Å². The van der Waals surface area contributed by atoms with Crippen molar-refractivity contribution in [2.75, 3.05) is 24.5 Å². The van der Waals surface area contributed by atoms with Crippen LogP contribution in [0, 0.1) is 0 Å². The summed E-state index contributed by atoms with van der Waals surface area (Å²) in [7, 11) is 0. The van der Waals surface area contributed by atoms with E-state index >= 15 is 0 Å². The van der Waals surface area contributed by atoms with E-state index in [1.807, 2.05) is 0 Å². The van der Waals surface area contributed by atoms with Gasteiger partial charge in [0.2, 0.25) is 0 Å². The highest BCUT2D eigenvalue weighted by atomic mass is 79.9. The van der Waals surface area contributed by atoms with Crippen molar-refractivity contribution in [1.82, 2.24) is 5.32 Å². The Morgan fingerprint density at radius 2 is 2.13 bits per heavy atom. The second-order valence-corrected chi connectivity index (χ2v) is 4.82. The number of nitrogens with zero attached hydrogens (tertiary/aromatic N) is 1. The molecule has 1 aromatic rings. The zero-order chi connectivity index (χ0) is 10.7. The molecule has 0 aliphatic carbocycles. The molecule has 1 aliphatic rings. The Bertz CT molecular complexity index is 304. The maximum absolute atomic E-state index is 3.47. The lowest BCUT2D eigenvalue weighted by molar-refractivity contribution is 0.648. The highest BCUT2D eigenvalue weighted by Gasteiger charge is 2.20. The van der Waals surface area contributed by atoms with Gasteiger partial charge in [-0.25, -0.2) is 0 Å². The third-order valence-corrected chi connectivity index (χ3v) is 3.50. The number of rotatable bonds is 3. The number of benzene rings is 1. The van der Waals surface area contributed by atoms with Gasteiger partial charge in [0.15, 0.2) is 0 Å². The van der Waals surface area contributed by atoms with Crippen molar-refractivity contribution >= 4 is 21.6 Å². The molecule has 0 aromatic heterocycles. The molecule has 1 heterocycles. The Balaban J connectivity index is 2.14. The summed E-state index contributed by atoms with van der Waals surface area (Å²) in [6, 6.07) is 9.26. The molecule has 2 nitrogen and oxygen atoms in total. The van der Waals surface area contributed by atoms with Crippen molar-refractivity contribution in [2.24, 2.45) is 0 Å². The Labute approximate surface area is 99.8 Å².